The summed E-state index contributed by atoms with van der Waals surface area (Å²) in [5, 5.41) is 46.0. The minimum Gasteiger partial charge on any atom is -0.432 e. The van der Waals surface area contributed by atoms with Gasteiger partial charge >= 0.3 is 5.84 Å². The van der Waals surface area contributed by atoms with E-state index in [0.29, 0.717) is 45.5 Å². The lowest BCUT2D eigenvalue weighted by atomic mass is 10.1. The van der Waals surface area contributed by atoms with Gasteiger partial charge in [-0.15, -0.1) is 20.4 Å². The lowest BCUT2D eigenvalue weighted by Gasteiger charge is -2.14. The molecule has 10 aromatic rings. The molecule has 0 bridgehead atoms. The van der Waals surface area contributed by atoms with Gasteiger partial charge < -0.3 is 19.2 Å². The highest BCUT2D eigenvalue weighted by molar-refractivity contribution is 5.81. The third-order valence-electron chi connectivity index (χ3n) is 9.39. The molecule has 59 heavy (non-hydrogen) atoms. The van der Waals surface area contributed by atoms with E-state index in [-0.39, 0.29) is 34.3 Å². The Morgan fingerprint density at radius 1 is 0.593 bits per heavy atom. The van der Waals surface area contributed by atoms with Crippen molar-refractivity contribution >= 4 is 22.9 Å². The molecule has 20 heteroatoms. The summed E-state index contributed by atoms with van der Waals surface area (Å²) in [5.41, 5.74) is 1.01. The first-order chi connectivity index (χ1) is 28.1. The second-order valence-corrected chi connectivity index (χ2v) is 14.6. The molecular weight excluding hydrogens is 775 g/mol. The SMILES string of the molecule is CC(C)(O)c1nnc2ccc(-c3c(-c4ccc(F)cc4F)nc4occn34)nn12.Cn1ccn2c(-c3ccc4nnc(C(C)(C)O)n4n3)c(-c3ccc(F)cc3F)nc12. The zero-order valence-corrected chi connectivity index (χ0v) is 31.7. The van der Waals surface area contributed by atoms with Crippen LogP contribution in [0.3, 0.4) is 0 Å². The van der Waals surface area contributed by atoms with E-state index in [4.69, 9.17) is 4.42 Å². The number of fused-ring (bicyclic) bond motifs is 4. The van der Waals surface area contributed by atoms with Gasteiger partial charge in [0, 0.05) is 48.9 Å². The second-order valence-electron chi connectivity index (χ2n) is 14.6. The van der Waals surface area contributed by atoms with E-state index < -0.39 is 34.5 Å². The Kier molecular flexibility index (Phi) is 8.45. The molecule has 0 radical (unpaired) electrons. The maximum absolute atomic E-state index is 14.6. The van der Waals surface area contributed by atoms with Crippen molar-refractivity contribution in [2.24, 2.45) is 7.05 Å². The highest BCUT2D eigenvalue weighted by atomic mass is 19.1. The van der Waals surface area contributed by atoms with Crippen LogP contribution in [-0.4, -0.2) is 73.2 Å². The summed E-state index contributed by atoms with van der Waals surface area (Å²) in [5.74, 6) is -1.52. The number of oxazole rings is 1. The summed E-state index contributed by atoms with van der Waals surface area (Å²) in [6.07, 6.45) is 6.67. The number of aryl methyl sites for hydroxylation is 1. The lowest BCUT2D eigenvalue weighted by Crippen LogP contribution is -2.20. The molecule has 298 valence electrons. The van der Waals surface area contributed by atoms with Crippen LogP contribution in [-0.2, 0) is 18.2 Å². The maximum atomic E-state index is 14.6. The Morgan fingerprint density at radius 3 is 1.61 bits per heavy atom. The molecule has 8 aromatic heterocycles. The zero-order chi connectivity index (χ0) is 41.5. The zero-order valence-electron chi connectivity index (χ0n) is 31.7. The van der Waals surface area contributed by atoms with Gasteiger partial charge in [0.25, 0.3) is 0 Å². The van der Waals surface area contributed by atoms with Crippen LogP contribution in [0.5, 0.6) is 0 Å². The Morgan fingerprint density at radius 2 is 1.10 bits per heavy atom. The first kappa shape index (κ1) is 37.3. The van der Waals surface area contributed by atoms with Crippen LogP contribution in [0.2, 0.25) is 0 Å². The molecule has 2 N–H and O–H groups in total. The van der Waals surface area contributed by atoms with E-state index >= 15 is 0 Å². The molecule has 0 unspecified atom stereocenters. The standard InChI is InChI=1S/C20H17F2N7O.C19H14F2N6O2/c1-20(2,30)18-25-24-15-7-6-14(26-29(15)18)17-16(12-5-4-11(21)10-13(12)22)23-19-27(3)8-9-28(17)19;1-19(2,28)17-24-23-14-6-5-13(25-27(14)17)16-15(22-18-26(16)7-8-29-18)11-4-3-10(20)9-12(11)21/h4-10,30H,1-3H3;3-9,28H,1-2H3. The fourth-order valence-corrected chi connectivity index (χ4v) is 6.65. The lowest BCUT2D eigenvalue weighted by molar-refractivity contribution is 0.0659. The maximum Gasteiger partial charge on any atom is 0.306 e. The fraction of sp³-hybridized carbons (Fsp3) is 0.179. The fourth-order valence-electron chi connectivity index (χ4n) is 6.65. The number of aliphatic hydroxyl groups is 2. The van der Waals surface area contributed by atoms with E-state index in [1.165, 1.54) is 33.5 Å². The van der Waals surface area contributed by atoms with E-state index in [9.17, 15) is 27.8 Å². The number of aromatic nitrogens is 13. The molecule has 0 fully saturated rings. The van der Waals surface area contributed by atoms with Gasteiger partial charge in [-0.3, -0.25) is 8.80 Å². The van der Waals surface area contributed by atoms with Crippen molar-refractivity contribution in [1.29, 1.82) is 0 Å². The number of benzene rings is 2. The van der Waals surface area contributed by atoms with Gasteiger partial charge in [0.2, 0.25) is 5.78 Å². The highest BCUT2D eigenvalue weighted by Gasteiger charge is 2.28. The van der Waals surface area contributed by atoms with Crippen molar-refractivity contribution in [2.45, 2.75) is 38.9 Å². The van der Waals surface area contributed by atoms with Crippen LogP contribution in [0, 0.1) is 23.3 Å². The van der Waals surface area contributed by atoms with Crippen LogP contribution in [0.4, 0.5) is 17.6 Å². The van der Waals surface area contributed by atoms with Crippen LogP contribution in [0.1, 0.15) is 39.3 Å². The van der Waals surface area contributed by atoms with Gasteiger partial charge in [0.15, 0.2) is 22.9 Å². The quantitative estimate of drug-likeness (QED) is 0.184. The van der Waals surface area contributed by atoms with Gasteiger partial charge in [-0.05, 0) is 76.2 Å². The average molecular weight is 806 g/mol. The van der Waals surface area contributed by atoms with E-state index in [1.54, 1.807) is 77.7 Å². The number of hydrogen-bond donors (Lipinski definition) is 2. The van der Waals surface area contributed by atoms with Crippen LogP contribution in [0.15, 0.2) is 89.9 Å². The molecule has 0 spiro atoms. The molecule has 8 heterocycles. The first-order valence-electron chi connectivity index (χ1n) is 17.9. The van der Waals surface area contributed by atoms with E-state index in [1.807, 2.05) is 13.2 Å². The molecule has 0 aliphatic heterocycles. The summed E-state index contributed by atoms with van der Waals surface area (Å²) in [6.45, 7) is 6.32. The van der Waals surface area contributed by atoms with Crippen molar-refractivity contribution in [2.75, 3.05) is 0 Å². The molecule has 0 atom stereocenters. The molecule has 10 rings (SSSR count). The summed E-state index contributed by atoms with van der Waals surface area (Å²) < 4.78 is 69.4. The van der Waals surface area contributed by atoms with Crippen molar-refractivity contribution in [3.05, 3.63) is 120 Å². The van der Waals surface area contributed by atoms with Crippen molar-refractivity contribution < 1.29 is 32.2 Å². The minimum atomic E-state index is -1.28. The Balaban J connectivity index is 0.000000152. The van der Waals surface area contributed by atoms with Crippen LogP contribution < -0.4 is 0 Å². The predicted octanol–water partition coefficient (Wildman–Crippen LogP) is 6.15. The molecular formula is C39H31F4N13O3. The number of halogens is 4. The molecule has 0 amide bonds. The number of imidazole rings is 3. The second kappa shape index (κ2) is 13.4. The summed E-state index contributed by atoms with van der Waals surface area (Å²) in [7, 11) is 1.82. The topological polar surface area (TPSA) is 179 Å². The van der Waals surface area contributed by atoms with Gasteiger partial charge in [-0.2, -0.15) is 24.2 Å². The molecule has 0 aliphatic carbocycles. The van der Waals surface area contributed by atoms with Gasteiger partial charge in [0.1, 0.15) is 74.9 Å². The summed E-state index contributed by atoms with van der Waals surface area (Å²) in [6, 6.07) is 13.4. The largest absolute Gasteiger partial charge is 0.432 e. The van der Waals surface area contributed by atoms with Crippen molar-refractivity contribution in [1.82, 2.24) is 63.0 Å². The Bertz CT molecular complexity index is 3230. The van der Waals surface area contributed by atoms with Crippen LogP contribution >= 0.6 is 0 Å². The predicted molar refractivity (Wildman–Crippen MR) is 202 cm³/mol. The van der Waals surface area contributed by atoms with Crippen molar-refractivity contribution in [3.8, 4) is 45.3 Å². The van der Waals surface area contributed by atoms with E-state index in [0.717, 1.165) is 18.2 Å². The van der Waals surface area contributed by atoms with E-state index in [2.05, 4.69) is 40.6 Å². The Labute approximate surface area is 329 Å². The number of rotatable bonds is 6. The molecule has 0 aliphatic rings. The van der Waals surface area contributed by atoms with Gasteiger partial charge in [-0.25, -0.2) is 22.5 Å². The normalized spacial score (nSPS) is 12.3. The molecule has 16 nitrogen and oxygen atoms in total. The summed E-state index contributed by atoms with van der Waals surface area (Å²) in [4.78, 5) is 8.93. The monoisotopic (exact) mass is 805 g/mol. The minimum absolute atomic E-state index is 0.105. The van der Waals surface area contributed by atoms with Crippen molar-refractivity contribution in [3.63, 3.8) is 0 Å². The highest BCUT2D eigenvalue weighted by Crippen LogP contribution is 2.36. The molecule has 0 saturated heterocycles. The first-order valence-corrected chi connectivity index (χ1v) is 17.9. The Hall–Kier alpha value is -7.32. The third-order valence-corrected chi connectivity index (χ3v) is 9.39. The summed E-state index contributed by atoms with van der Waals surface area (Å²) >= 11 is 0. The average Bonchev–Trinajstić information content (AvgIpc) is 4.02. The number of nitrogens with zero attached hydrogens (tertiary/aromatic N) is 13. The third kappa shape index (κ3) is 6.34. The van der Waals surface area contributed by atoms with Gasteiger partial charge in [0.05, 0.1) is 0 Å². The molecule has 2 aromatic carbocycles. The van der Waals surface area contributed by atoms with Gasteiger partial charge in [-0.1, -0.05) is 0 Å². The van der Waals surface area contributed by atoms with Crippen LogP contribution in [0.25, 0.3) is 68.2 Å². The number of hydrogen-bond acceptors (Lipinski definition) is 11. The molecule has 0 saturated carbocycles. The smallest absolute Gasteiger partial charge is 0.306 e.